The number of nitrogens with one attached hydrogen (secondary N) is 1. The van der Waals surface area contributed by atoms with Crippen molar-refractivity contribution in [3.05, 3.63) is 77.9 Å². The second-order valence-electron chi connectivity index (χ2n) is 26.7. The summed E-state index contributed by atoms with van der Waals surface area (Å²) in [6, 6.07) is 11.5. The van der Waals surface area contributed by atoms with E-state index in [1.54, 1.807) is 94.5 Å². The molecule has 0 spiro atoms. The Bertz CT molecular complexity index is 3560. The van der Waals surface area contributed by atoms with E-state index in [4.69, 9.17) is 31.8 Å². The molecule has 6 aromatic heterocycles. The Balaban J connectivity index is 0.000000163. The number of carbonyl (C=O) groups is 6. The maximum absolute atomic E-state index is 13.3. The van der Waals surface area contributed by atoms with Crippen LogP contribution in [0.3, 0.4) is 0 Å². The van der Waals surface area contributed by atoms with Gasteiger partial charge in [-0.05, 0) is 115 Å². The summed E-state index contributed by atoms with van der Waals surface area (Å²) in [7, 11) is 7.09. The Hall–Kier alpha value is -8.15. The van der Waals surface area contributed by atoms with Gasteiger partial charge in [0.15, 0.2) is 0 Å². The lowest BCUT2D eigenvalue weighted by Crippen LogP contribution is -2.38. The fourth-order valence-corrected chi connectivity index (χ4v) is 13.2. The summed E-state index contributed by atoms with van der Waals surface area (Å²) in [5.41, 5.74) is 8.78. The molecule has 4 saturated heterocycles. The minimum Gasteiger partial charge on any atom is -0.444 e. The molecule has 0 aromatic carbocycles. The third kappa shape index (κ3) is 14.6. The number of amides is 6. The topological polar surface area (TPSA) is 266 Å². The van der Waals surface area contributed by atoms with E-state index in [0.29, 0.717) is 80.0 Å². The van der Waals surface area contributed by atoms with Crippen LogP contribution in [0.4, 0.5) is 38.5 Å². The highest BCUT2D eigenvalue weighted by atomic mass is 35.5. The van der Waals surface area contributed by atoms with E-state index in [2.05, 4.69) is 39.4 Å². The van der Waals surface area contributed by atoms with Crippen LogP contribution in [0.2, 0.25) is 5.28 Å². The molecule has 6 aromatic rings. The van der Waals surface area contributed by atoms with Crippen molar-refractivity contribution >= 4 is 98.4 Å². The SMILES string of the molecule is CC(C)(C)OC(=O)N1CC2CN(c3ccc(N)nc3)C(=O)C2C1.CN(C)C(=O)c1cc2cnc(Cl)nc2n1C1CCCCCC1.CN(C)C(=O)c1cc2cnc(Nc3ccc(N4CC5CN(C(=O)OC(C)(C)C)CC5C4=O)cn3)nc2n1C1CCCCCC1. The molecule has 4 atom stereocenters. The number of halogens is 1. The van der Waals surface area contributed by atoms with Crippen molar-refractivity contribution in [2.75, 3.05) is 88.3 Å². The Labute approximate surface area is 524 Å². The molecule has 2 saturated carbocycles. The molecule has 24 nitrogen and oxygen atoms in total. The van der Waals surface area contributed by atoms with Gasteiger partial charge in [0.2, 0.25) is 23.0 Å². The van der Waals surface area contributed by atoms with Crippen LogP contribution in [0.5, 0.6) is 0 Å². The first-order valence-electron chi connectivity index (χ1n) is 31.2. The average Bonchev–Trinajstić information content (AvgIpc) is 1.72. The van der Waals surface area contributed by atoms with Gasteiger partial charge in [0.25, 0.3) is 11.8 Å². The van der Waals surface area contributed by atoms with Crippen LogP contribution in [-0.4, -0.2) is 173 Å². The van der Waals surface area contributed by atoms with Gasteiger partial charge in [0, 0.05) is 115 Å². The minimum absolute atomic E-state index is 0.000275. The number of nitrogens with two attached hydrogens (primary N) is 1. The van der Waals surface area contributed by atoms with E-state index in [9.17, 15) is 28.8 Å². The number of fused-ring (bicyclic) bond motifs is 4. The first-order valence-corrected chi connectivity index (χ1v) is 31.6. The molecule has 25 heteroatoms. The van der Waals surface area contributed by atoms with Gasteiger partial charge in [-0.25, -0.2) is 29.5 Å². The Morgan fingerprint density at radius 1 is 0.562 bits per heavy atom. The highest BCUT2D eigenvalue weighted by molar-refractivity contribution is 6.28. The summed E-state index contributed by atoms with van der Waals surface area (Å²) in [5.74, 6) is 1.14. The van der Waals surface area contributed by atoms with Crippen molar-refractivity contribution in [3.8, 4) is 0 Å². The van der Waals surface area contributed by atoms with E-state index in [0.717, 1.165) is 66.3 Å². The number of carbonyl (C=O) groups excluding carboxylic acids is 6. The number of hydrogen-bond acceptors (Lipinski definition) is 16. The molecule has 89 heavy (non-hydrogen) atoms. The van der Waals surface area contributed by atoms with Crippen molar-refractivity contribution in [1.82, 2.24) is 58.6 Å². The van der Waals surface area contributed by atoms with Crippen molar-refractivity contribution < 1.29 is 38.2 Å². The Morgan fingerprint density at radius 3 is 1.40 bits per heavy atom. The fourth-order valence-electron chi connectivity index (χ4n) is 13.0. The van der Waals surface area contributed by atoms with Gasteiger partial charge in [0.05, 0.1) is 35.6 Å². The van der Waals surface area contributed by atoms with Gasteiger partial charge in [-0.15, -0.1) is 0 Å². The van der Waals surface area contributed by atoms with Gasteiger partial charge < -0.3 is 59.1 Å². The third-order valence-corrected chi connectivity index (χ3v) is 17.5. The molecule has 3 N–H and O–H groups in total. The van der Waals surface area contributed by atoms with Crippen molar-refractivity contribution in [2.45, 2.75) is 142 Å². The lowest BCUT2D eigenvalue weighted by molar-refractivity contribution is -0.121. The second-order valence-corrected chi connectivity index (χ2v) is 27.1. The lowest BCUT2D eigenvalue weighted by atomic mass is 10.0. The number of aromatic nitrogens is 8. The smallest absolute Gasteiger partial charge is 0.410 e. The number of nitrogens with zero attached hydrogens (tertiary/aromatic N) is 14. The first-order chi connectivity index (χ1) is 42.3. The predicted molar refractivity (Wildman–Crippen MR) is 340 cm³/mol. The van der Waals surface area contributed by atoms with Crippen molar-refractivity contribution in [3.63, 3.8) is 0 Å². The molecule has 10 heterocycles. The highest BCUT2D eigenvalue weighted by Crippen LogP contribution is 2.39. The van der Waals surface area contributed by atoms with Gasteiger partial charge >= 0.3 is 12.2 Å². The summed E-state index contributed by atoms with van der Waals surface area (Å²) in [6.07, 6.45) is 19.8. The summed E-state index contributed by atoms with van der Waals surface area (Å²) < 4.78 is 15.1. The van der Waals surface area contributed by atoms with Crippen molar-refractivity contribution in [1.29, 1.82) is 0 Å². The molecule has 0 bridgehead atoms. The number of ether oxygens (including phenoxy) is 2. The number of rotatable bonds is 8. The number of anilines is 5. The molecule has 0 radical (unpaired) electrons. The molecule has 6 amide bonds. The minimum atomic E-state index is -0.573. The van der Waals surface area contributed by atoms with E-state index in [1.807, 2.05) is 65.8 Å². The molecule has 4 unspecified atom stereocenters. The number of pyridine rings is 2. The second kappa shape index (κ2) is 26.5. The summed E-state index contributed by atoms with van der Waals surface area (Å²) in [4.78, 5) is 113. The van der Waals surface area contributed by atoms with E-state index in [1.165, 1.54) is 38.5 Å². The van der Waals surface area contributed by atoms with Gasteiger partial charge in [-0.3, -0.25) is 19.2 Å². The molecular formula is C64H85ClN16O8. The number of hydrogen-bond donors (Lipinski definition) is 2. The zero-order valence-electron chi connectivity index (χ0n) is 52.9. The molecule has 476 valence electrons. The van der Waals surface area contributed by atoms with Crippen molar-refractivity contribution in [2.24, 2.45) is 23.7 Å². The van der Waals surface area contributed by atoms with Crippen LogP contribution in [-0.2, 0) is 19.1 Å². The molecule has 12 rings (SSSR count). The van der Waals surface area contributed by atoms with Crippen LogP contribution in [0.25, 0.3) is 22.1 Å². The fraction of sp³-hybridized carbons (Fsp3) is 0.562. The van der Waals surface area contributed by atoms with Crippen LogP contribution in [0.15, 0.2) is 61.2 Å². The van der Waals surface area contributed by atoms with E-state index >= 15 is 0 Å². The molecule has 6 fully saturated rings. The summed E-state index contributed by atoms with van der Waals surface area (Å²) in [6.45, 7) is 14.0. The maximum Gasteiger partial charge on any atom is 0.410 e. The normalized spacial score (nSPS) is 20.7. The molecule has 4 aliphatic heterocycles. The van der Waals surface area contributed by atoms with E-state index < -0.39 is 11.2 Å². The maximum atomic E-state index is 13.3. The third-order valence-electron chi connectivity index (χ3n) is 17.3. The van der Waals surface area contributed by atoms with Gasteiger partial charge in [0.1, 0.15) is 45.5 Å². The van der Waals surface area contributed by atoms with Crippen LogP contribution < -0.4 is 20.9 Å². The average molecular weight is 1240 g/mol. The largest absolute Gasteiger partial charge is 0.444 e. The Kier molecular flexibility index (Phi) is 19.0. The highest BCUT2D eigenvalue weighted by Gasteiger charge is 2.50. The Morgan fingerprint density at radius 2 is 1.00 bits per heavy atom. The van der Waals surface area contributed by atoms with Gasteiger partial charge in [-0.2, -0.15) is 9.97 Å². The lowest BCUT2D eigenvalue weighted by Gasteiger charge is -2.26. The predicted octanol–water partition coefficient (Wildman–Crippen LogP) is 10.2. The summed E-state index contributed by atoms with van der Waals surface area (Å²) in [5, 5.41) is 5.13. The monoisotopic (exact) mass is 1240 g/mol. The number of likely N-dealkylation sites (tertiary alicyclic amines) is 2. The number of nitrogen functional groups attached to an aromatic ring is 1. The van der Waals surface area contributed by atoms with Crippen LogP contribution in [0.1, 0.15) is 152 Å². The van der Waals surface area contributed by atoms with Gasteiger partial charge in [-0.1, -0.05) is 51.4 Å². The first kappa shape index (κ1) is 63.9. The zero-order valence-corrected chi connectivity index (χ0v) is 53.7. The zero-order chi connectivity index (χ0) is 63.6. The molecule has 2 aliphatic carbocycles. The molecular weight excluding hydrogens is 1160 g/mol. The summed E-state index contributed by atoms with van der Waals surface area (Å²) >= 11 is 5.98. The molecule has 6 aliphatic rings. The van der Waals surface area contributed by atoms with E-state index in [-0.39, 0.29) is 70.8 Å². The van der Waals surface area contributed by atoms with Crippen LogP contribution in [0, 0.1) is 23.7 Å². The quantitative estimate of drug-likeness (QED) is 0.106. The standard InChI is InChI=1S/C32H42N8O4.C16H21ClN4O.C16H22N4O3/c1-32(2,3)44-31(43)38-17-21-18-39(28(41)24(21)19-38)23-12-13-26(33-16-23)35-30-34-15-20-14-25(29(42)37(4)5)40(27(20)36-30)22-10-8-6-7-9-11-22;1-20(2)15(22)13-9-11-10-18-16(17)19-14(11)21(13)12-7-5-3-4-6-8-12;1-16(2,3)23-15(22)19-7-10-8-20(14(21)12(10)9-19)11-4-5-13(17)18-6-11/h12-16,21-22,24H,6-11,17-19H2,1-5H3,(H,33,34,35,36);9-10,12H,3-8H2,1-2H3;4-6,10,12H,7-9H2,1-3H3,(H2,17,18). The van der Waals surface area contributed by atoms with Crippen LogP contribution >= 0.6 is 11.6 Å².